The van der Waals surface area contributed by atoms with E-state index in [9.17, 15) is 14.4 Å². The first kappa shape index (κ1) is 34.1. The maximum Gasteiger partial charge on any atom is 0.338 e. The minimum Gasteiger partial charge on any atom is -0.493 e. The van der Waals surface area contributed by atoms with Gasteiger partial charge in [0.15, 0.2) is 23.9 Å². The fourth-order valence-electron chi connectivity index (χ4n) is 5.04. The lowest BCUT2D eigenvalue weighted by Crippen LogP contribution is -2.45. The van der Waals surface area contributed by atoms with Gasteiger partial charge in [-0.1, -0.05) is 65.7 Å². The molecule has 248 valence electrons. The number of fused-ring (bicyclic) bond motifs is 1. The number of halogens is 2. The number of nitrogens with one attached hydrogen (secondary N) is 3. The van der Waals surface area contributed by atoms with E-state index in [0.717, 1.165) is 16.3 Å². The fraction of sp³-hybridized carbons (Fsp3) is 0.200. The minimum absolute atomic E-state index is 0.175. The number of hydrogen-bond donors (Lipinski definition) is 3. The second-order valence-corrected chi connectivity index (χ2v) is 11.4. The summed E-state index contributed by atoms with van der Waals surface area (Å²) in [6.07, 6.45) is 1.39. The molecule has 11 nitrogen and oxygen atoms in total. The summed E-state index contributed by atoms with van der Waals surface area (Å²) < 4.78 is 22.2. The van der Waals surface area contributed by atoms with Crippen molar-refractivity contribution in [2.45, 2.75) is 26.5 Å². The van der Waals surface area contributed by atoms with Gasteiger partial charge in [-0.3, -0.25) is 4.79 Å². The number of rotatable bonds is 12. The Hall–Kier alpha value is -5.26. The van der Waals surface area contributed by atoms with Gasteiger partial charge in [-0.05, 0) is 71.6 Å². The zero-order chi connectivity index (χ0) is 34.2. The van der Waals surface area contributed by atoms with E-state index in [4.69, 9.17) is 42.1 Å². The van der Waals surface area contributed by atoms with Crippen molar-refractivity contribution in [2.24, 2.45) is 5.10 Å². The predicted octanol–water partition coefficient (Wildman–Crippen LogP) is 6.45. The number of methoxy groups -OCH3 is 1. The van der Waals surface area contributed by atoms with Gasteiger partial charge in [0.25, 0.3) is 5.91 Å². The monoisotopic (exact) mass is 690 g/mol. The predicted molar refractivity (Wildman–Crippen MR) is 183 cm³/mol. The van der Waals surface area contributed by atoms with E-state index in [1.54, 1.807) is 44.2 Å². The molecule has 0 fully saturated rings. The van der Waals surface area contributed by atoms with Gasteiger partial charge in [0.05, 0.1) is 41.6 Å². The standard InChI is InChI=1S/C35H32Cl2N4O7/c1-4-46-34(43)31-20(2)39-35(44)40-32(31)25-11-12-28(29(16-25)45-3)47-19-30(42)41-38-17-22-14-26(36)33(27(37)15-22)48-18-21-9-10-23-7-5-6-8-24(23)13-21/h5-17,32H,4,18-19H2,1-3H3,(H,41,42)(H2,39,40,44)/b38-17-/t32-/m1/s1. The first-order valence-electron chi connectivity index (χ1n) is 14.8. The summed E-state index contributed by atoms with van der Waals surface area (Å²) in [5, 5.41) is 12.1. The topological polar surface area (TPSA) is 137 Å². The zero-order valence-corrected chi connectivity index (χ0v) is 27.8. The zero-order valence-electron chi connectivity index (χ0n) is 26.3. The van der Waals surface area contributed by atoms with E-state index in [-0.39, 0.29) is 36.9 Å². The second kappa shape index (κ2) is 15.6. The number of esters is 1. The molecule has 13 heteroatoms. The Morgan fingerprint density at radius 3 is 2.44 bits per heavy atom. The third-order valence-electron chi connectivity index (χ3n) is 7.26. The first-order chi connectivity index (χ1) is 23.2. The number of urea groups is 1. The molecule has 0 radical (unpaired) electrons. The van der Waals surface area contributed by atoms with E-state index in [2.05, 4.69) is 21.2 Å². The molecule has 0 saturated heterocycles. The van der Waals surface area contributed by atoms with Crippen LogP contribution >= 0.6 is 23.2 Å². The Morgan fingerprint density at radius 2 is 1.71 bits per heavy atom. The van der Waals surface area contributed by atoms with Crippen LogP contribution in [-0.2, 0) is 20.9 Å². The van der Waals surface area contributed by atoms with Gasteiger partial charge in [0, 0.05) is 5.70 Å². The van der Waals surface area contributed by atoms with Gasteiger partial charge in [-0.15, -0.1) is 0 Å². The Morgan fingerprint density at radius 1 is 0.958 bits per heavy atom. The van der Waals surface area contributed by atoms with Crippen molar-refractivity contribution in [1.29, 1.82) is 0 Å². The van der Waals surface area contributed by atoms with Gasteiger partial charge >= 0.3 is 12.0 Å². The van der Waals surface area contributed by atoms with Crippen molar-refractivity contribution in [1.82, 2.24) is 16.1 Å². The number of benzene rings is 4. The highest BCUT2D eigenvalue weighted by molar-refractivity contribution is 6.37. The van der Waals surface area contributed by atoms with Crippen molar-refractivity contribution in [3.05, 3.63) is 111 Å². The smallest absolute Gasteiger partial charge is 0.338 e. The van der Waals surface area contributed by atoms with Crippen LogP contribution in [0.15, 0.2) is 89.2 Å². The quantitative estimate of drug-likeness (QED) is 0.0882. The molecule has 48 heavy (non-hydrogen) atoms. The number of amides is 3. The molecule has 5 rings (SSSR count). The number of nitrogens with zero attached hydrogens (tertiary/aromatic N) is 1. The summed E-state index contributed by atoms with van der Waals surface area (Å²) >= 11 is 12.9. The van der Waals surface area contributed by atoms with E-state index < -0.39 is 23.9 Å². The maximum absolute atomic E-state index is 12.6. The van der Waals surface area contributed by atoms with Gasteiger partial charge in [-0.2, -0.15) is 5.10 Å². The Balaban J connectivity index is 1.17. The number of carbonyl (C=O) groups is 3. The van der Waals surface area contributed by atoms with E-state index >= 15 is 0 Å². The Kier molecular flexibility index (Phi) is 11.0. The third kappa shape index (κ3) is 8.17. The van der Waals surface area contributed by atoms with Crippen LogP contribution in [0.4, 0.5) is 4.79 Å². The van der Waals surface area contributed by atoms with Crippen LogP contribution in [0.3, 0.4) is 0 Å². The van der Waals surface area contributed by atoms with E-state index in [1.807, 2.05) is 42.5 Å². The van der Waals surface area contributed by atoms with Crippen LogP contribution in [0.5, 0.6) is 17.2 Å². The fourth-order valence-corrected chi connectivity index (χ4v) is 5.65. The lowest BCUT2D eigenvalue weighted by molar-refractivity contribution is -0.139. The lowest BCUT2D eigenvalue weighted by Gasteiger charge is -2.28. The summed E-state index contributed by atoms with van der Waals surface area (Å²) in [4.78, 5) is 37.3. The molecule has 1 aliphatic rings. The summed E-state index contributed by atoms with van der Waals surface area (Å²) in [6, 6.07) is 20.9. The molecule has 1 heterocycles. The average molecular weight is 692 g/mol. The van der Waals surface area contributed by atoms with Crippen molar-refractivity contribution >= 4 is 58.1 Å². The second-order valence-electron chi connectivity index (χ2n) is 10.6. The summed E-state index contributed by atoms with van der Waals surface area (Å²) in [5.41, 5.74) is 5.09. The molecule has 0 spiro atoms. The van der Waals surface area contributed by atoms with Crippen molar-refractivity contribution in [3.8, 4) is 17.2 Å². The van der Waals surface area contributed by atoms with Gasteiger partial charge in [0.1, 0.15) is 6.61 Å². The maximum atomic E-state index is 12.6. The molecule has 1 aliphatic heterocycles. The van der Waals surface area contributed by atoms with Crippen LogP contribution in [0, 0.1) is 0 Å². The van der Waals surface area contributed by atoms with Gasteiger partial charge < -0.3 is 29.6 Å². The first-order valence-corrected chi connectivity index (χ1v) is 15.6. The molecule has 0 saturated carbocycles. The van der Waals surface area contributed by atoms with Crippen LogP contribution in [0.25, 0.3) is 10.8 Å². The Labute approximate surface area is 286 Å². The summed E-state index contributed by atoms with van der Waals surface area (Å²) in [7, 11) is 1.43. The highest BCUT2D eigenvalue weighted by Crippen LogP contribution is 2.36. The molecular weight excluding hydrogens is 659 g/mol. The molecule has 0 aromatic heterocycles. The van der Waals surface area contributed by atoms with Crippen LogP contribution in [0.1, 0.15) is 36.6 Å². The van der Waals surface area contributed by atoms with Crippen LogP contribution < -0.4 is 30.3 Å². The van der Waals surface area contributed by atoms with Crippen LogP contribution in [0.2, 0.25) is 10.0 Å². The minimum atomic E-state index is -0.786. The molecule has 0 unspecified atom stereocenters. The molecule has 3 N–H and O–H groups in total. The highest BCUT2D eigenvalue weighted by Gasteiger charge is 2.32. The SMILES string of the molecule is CCOC(=O)C1=C(C)NC(=O)N[C@@H]1c1ccc(OCC(=O)N/N=C\c2cc(Cl)c(OCc3ccc4ccccc4c3)c(Cl)c2)c(OC)c1. The third-order valence-corrected chi connectivity index (χ3v) is 7.83. The lowest BCUT2D eigenvalue weighted by atomic mass is 9.95. The Bertz CT molecular complexity index is 1910. The molecular formula is C35H32Cl2N4O7. The van der Waals surface area contributed by atoms with Gasteiger partial charge in [0.2, 0.25) is 0 Å². The number of carbonyl (C=O) groups excluding carboxylic acids is 3. The molecule has 1 atom stereocenters. The number of hydrogen-bond acceptors (Lipinski definition) is 8. The molecule has 3 amide bonds. The number of hydrazone groups is 1. The number of allylic oxidation sites excluding steroid dienone is 1. The molecule has 4 aromatic carbocycles. The highest BCUT2D eigenvalue weighted by atomic mass is 35.5. The van der Waals surface area contributed by atoms with Crippen molar-refractivity contribution in [2.75, 3.05) is 20.3 Å². The molecule has 0 bridgehead atoms. The van der Waals surface area contributed by atoms with Gasteiger partial charge in [-0.25, -0.2) is 15.0 Å². The van der Waals surface area contributed by atoms with Crippen molar-refractivity contribution < 1.29 is 33.3 Å². The number of ether oxygens (including phenoxy) is 4. The normalized spacial score (nSPS) is 14.4. The van der Waals surface area contributed by atoms with Crippen molar-refractivity contribution in [3.63, 3.8) is 0 Å². The molecule has 0 aliphatic carbocycles. The van der Waals surface area contributed by atoms with E-state index in [0.29, 0.717) is 32.6 Å². The summed E-state index contributed by atoms with van der Waals surface area (Å²) in [5.74, 6) is -0.220. The van der Waals surface area contributed by atoms with E-state index in [1.165, 1.54) is 13.3 Å². The molecule has 4 aromatic rings. The largest absolute Gasteiger partial charge is 0.493 e. The van der Waals surface area contributed by atoms with Crippen LogP contribution in [-0.4, -0.2) is 44.4 Å². The average Bonchev–Trinajstić information content (AvgIpc) is 3.06. The summed E-state index contributed by atoms with van der Waals surface area (Å²) in [6.45, 7) is 3.39.